The summed E-state index contributed by atoms with van der Waals surface area (Å²) in [7, 11) is 0. The first-order chi connectivity index (χ1) is 9.25. The van der Waals surface area contributed by atoms with Crippen LogP contribution in [0.2, 0.25) is 0 Å². The zero-order valence-electron chi connectivity index (χ0n) is 12.4. The van der Waals surface area contributed by atoms with E-state index in [1.165, 1.54) is 51.0 Å². The van der Waals surface area contributed by atoms with Crippen molar-refractivity contribution in [3.63, 3.8) is 0 Å². The van der Waals surface area contributed by atoms with Crippen LogP contribution in [0.5, 0.6) is 0 Å². The van der Waals surface area contributed by atoms with Crippen LogP contribution in [-0.4, -0.2) is 37.1 Å². The van der Waals surface area contributed by atoms with Crippen LogP contribution >= 0.6 is 0 Å². The minimum absolute atomic E-state index is 0.695. The van der Waals surface area contributed by atoms with E-state index in [2.05, 4.69) is 54.4 Å². The Morgan fingerprint density at radius 1 is 1.32 bits per heavy atom. The molecule has 19 heavy (non-hydrogen) atoms. The second-order valence-corrected chi connectivity index (χ2v) is 6.03. The highest BCUT2D eigenvalue weighted by atomic mass is 15.2. The molecule has 1 heterocycles. The topological polar surface area (TPSA) is 15.3 Å². The highest BCUT2D eigenvalue weighted by molar-refractivity contribution is 5.14. The fourth-order valence-electron chi connectivity index (χ4n) is 2.91. The summed E-state index contributed by atoms with van der Waals surface area (Å²) in [5.41, 5.74) is 1.47. The first kappa shape index (κ1) is 14.5. The van der Waals surface area contributed by atoms with Crippen LogP contribution in [-0.2, 0) is 6.42 Å². The normalized spacial score (nSPS) is 23.6. The molecule has 2 heteroatoms. The lowest BCUT2D eigenvalue weighted by molar-refractivity contribution is 0.160. The molecule has 2 nitrogen and oxygen atoms in total. The molecular weight excluding hydrogens is 232 g/mol. The van der Waals surface area contributed by atoms with Crippen LogP contribution in [0.1, 0.15) is 32.3 Å². The number of nitrogens with zero attached hydrogens (tertiary/aromatic N) is 1. The molecule has 1 aromatic rings. The Balaban J connectivity index is 1.82. The van der Waals surface area contributed by atoms with E-state index in [9.17, 15) is 0 Å². The maximum Gasteiger partial charge on any atom is 0.00702 e. The number of benzene rings is 1. The summed E-state index contributed by atoms with van der Waals surface area (Å²) in [6.07, 6.45) is 3.75. The Bertz CT molecular complexity index is 350. The number of aryl methyl sites for hydroxylation is 1. The summed E-state index contributed by atoms with van der Waals surface area (Å²) in [6, 6.07) is 11.6. The molecule has 106 valence electrons. The largest absolute Gasteiger partial charge is 0.316 e. The Kier molecular flexibility index (Phi) is 5.87. The van der Waals surface area contributed by atoms with Crippen molar-refractivity contribution in [1.29, 1.82) is 0 Å². The van der Waals surface area contributed by atoms with Gasteiger partial charge in [-0.15, -0.1) is 0 Å². The summed E-state index contributed by atoms with van der Waals surface area (Å²) < 4.78 is 0. The van der Waals surface area contributed by atoms with Crippen molar-refractivity contribution in [3.8, 4) is 0 Å². The Morgan fingerprint density at radius 2 is 2.11 bits per heavy atom. The lowest BCUT2D eigenvalue weighted by Crippen LogP contribution is -2.43. The van der Waals surface area contributed by atoms with Gasteiger partial charge in [0.2, 0.25) is 0 Å². The van der Waals surface area contributed by atoms with Gasteiger partial charge >= 0.3 is 0 Å². The van der Waals surface area contributed by atoms with Crippen molar-refractivity contribution in [3.05, 3.63) is 35.9 Å². The standard InChI is InChI=1S/C17H28N2/c1-15-13-18-11-6-12-19(14-15)16(2)9-10-17-7-4-3-5-8-17/h3-5,7-8,15-16,18H,6,9-14H2,1-2H3. The molecule has 1 saturated heterocycles. The molecule has 1 aliphatic heterocycles. The summed E-state index contributed by atoms with van der Waals surface area (Å²) in [5.74, 6) is 0.763. The van der Waals surface area contributed by atoms with Gasteiger partial charge in [-0.1, -0.05) is 37.3 Å². The van der Waals surface area contributed by atoms with E-state index in [4.69, 9.17) is 0 Å². The summed E-state index contributed by atoms with van der Waals surface area (Å²) >= 11 is 0. The minimum Gasteiger partial charge on any atom is -0.316 e. The van der Waals surface area contributed by atoms with Gasteiger partial charge in [-0.3, -0.25) is 0 Å². The summed E-state index contributed by atoms with van der Waals surface area (Å²) in [5, 5.41) is 3.53. The van der Waals surface area contributed by atoms with Gasteiger partial charge in [0.15, 0.2) is 0 Å². The number of nitrogens with one attached hydrogen (secondary N) is 1. The van der Waals surface area contributed by atoms with E-state index in [-0.39, 0.29) is 0 Å². The molecule has 1 N–H and O–H groups in total. The van der Waals surface area contributed by atoms with Crippen LogP contribution < -0.4 is 5.32 Å². The van der Waals surface area contributed by atoms with Gasteiger partial charge in [-0.05, 0) is 57.3 Å². The van der Waals surface area contributed by atoms with Crippen LogP contribution in [0, 0.1) is 5.92 Å². The Hall–Kier alpha value is -0.860. The van der Waals surface area contributed by atoms with Crippen molar-refractivity contribution in [2.75, 3.05) is 26.2 Å². The lowest BCUT2D eigenvalue weighted by atomic mass is 10.0. The maximum atomic E-state index is 3.53. The monoisotopic (exact) mass is 260 g/mol. The van der Waals surface area contributed by atoms with Crippen LogP contribution in [0.15, 0.2) is 30.3 Å². The smallest absolute Gasteiger partial charge is 0.00702 e. The molecule has 2 unspecified atom stereocenters. The highest BCUT2D eigenvalue weighted by Crippen LogP contribution is 2.13. The number of hydrogen-bond acceptors (Lipinski definition) is 2. The first-order valence-electron chi connectivity index (χ1n) is 7.74. The minimum atomic E-state index is 0.695. The van der Waals surface area contributed by atoms with Crippen molar-refractivity contribution in [2.24, 2.45) is 5.92 Å². The van der Waals surface area contributed by atoms with Gasteiger partial charge in [0.1, 0.15) is 0 Å². The van der Waals surface area contributed by atoms with E-state index in [0.717, 1.165) is 5.92 Å². The Labute approximate surface area is 118 Å². The highest BCUT2D eigenvalue weighted by Gasteiger charge is 2.18. The molecule has 1 aromatic carbocycles. The second kappa shape index (κ2) is 7.66. The van der Waals surface area contributed by atoms with Crippen LogP contribution in [0.4, 0.5) is 0 Å². The fourth-order valence-corrected chi connectivity index (χ4v) is 2.91. The fraction of sp³-hybridized carbons (Fsp3) is 0.647. The molecule has 0 amide bonds. The zero-order valence-corrected chi connectivity index (χ0v) is 12.4. The SMILES string of the molecule is CC1CNCCCN(C(C)CCc2ccccc2)C1. The summed E-state index contributed by atoms with van der Waals surface area (Å²) in [6.45, 7) is 9.57. The molecule has 1 fully saturated rings. The summed E-state index contributed by atoms with van der Waals surface area (Å²) in [4.78, 5) is 2.69. The maximum absolute atomic E-state index is 3.53. The van der Waals surface area contributed by atoms with Gasteiger partial charge in [0.25, 0.3) is 0 Å². The van der Waals surface area contributed by atoms with Crippen molar-refractivity contribution < 1.29 is 0 Å². The van der Waals surface area contributed by atoms with Crippen LogP contribution in [0.25, 0.3) is 0 Å². The van der Waals surface area contributed by atoms with E-state index in [0.29, 0.717) is 6.04 Å². The molecule has 0 radical (unpaired) electrons. The molecule has 2 rings (SSSR count). The molecule has 0 bridgehead atoms. The number of rotatable bonds is 4. The van der Waals surface area contributed by atoms with E-state index < -0.39 is 0 Å². The molecule has 2 atom stereocenters. The third-order valence-corrected chi connectivity index (χ3v) is 4.15. The number of hydrogen-bond donors (Lipinski definition) is 1. The molecular formula is C17H28N2. The van der Waals surface area contributed by atoms with Crippen molar-refractivity contribution in [2.45, 2.75) is 39.2 Å². The van der Waals surface area contributed by atoms with Crippen LogP contribution in [0.3, 0.4) is 0 Å². The predicted molar refractivity (Wildman–Crippen MR) is 82.4 cm³/mol. The molecule has 1 aliphatic rings. The average Bonchev–Trinajstić information content (AvgIpc) is 2.41. The quantitative estimate of drug-likeness (QED) is 0.895. The third kappa shape index (κ3) is 4.96. The Morgan fingerprint density at radius 3 is 2.89 bits per heavy atom. The predicted octanol–water partition coefficient (Wildman–Crippen LogP) is 2.94. The van der Waals surface area contributed by atoms with Gasteiger partial charge in [-0.2, -0.15) is 0 Å². The first-order valence-corrected chi connectivity index (χ1v) is 7.74. The van der Waals surface area contributed by atoms with E-state index in [1.54, 1.807) is 0 Å². The van der Waals surface area contributed by atoms with E-state index in [1.807, 2.05) is 0 Å². The molecule has 0 spiro atoms. The average molecular weight is 260 g/mol. The van der Waals surface area contributed by atoms with Gasteiger partial charge in [-0.25, -0.2) is 0 Å². The van der Waals surface area contributed by atoms with Gasteiger partial charge in [0.05, 0.1) is 0 Å². The van der Waals surface area contributed by atoms with Gasteiger partial charge in [0, 0.05) is 12.6 Å². The van der Waals surface area contributed by atoms with Gasteiger partial charge < -0.3 is 10.2 Å². The second-order valence-electron chi connectivity index (χ2n) is 6.03. The zero-order chi connectivity index (χ0) is 13.5. The molecule has 0 aliphatic carbocycles. The third-order valence-electron chi connectivity index (χ3n) is 4.15. The van der Waals surface area contributed by atoms with Crippen molar-refractivity contribution in [1.82, 2.24) is 10.2 Å². The molecule has 0 saturated carbocycles. The molecule has 0 aromatic heterocycles. The lowest BCUT2D eigenvalue weighted by Gasteiger charge is -2.33. The van der Waals surface area contributed by atoms with E-state index >= 15 is 0 Å². The van der Waals surface area contributed by atoms with Crippen molar-refractivity contribution >= 4 is 0 Å².